The number of ether oxygens (including phenoxy) is 2. The van der Waals surface area contributed by atoms with Crippen LogP contribution in [0.5, 0.6) is 0 Å². The van der Waals surface area contributed by atoms with Crippen LogP contribution in [0.25, 0.3) is 0 Å². The predicted octanol–water partition coefficient (Wildman–Crippen LogP) is 4.30. The molecule has 5 heteroatoms. The number of hydrogen-bond donors (Lipinski definition) is 0. The Morgan fingerprint density at radius 3 is 2.14 bits per heavy atom. The van der Waals surface area contributed by atoms with Crippen molar-refractivity contribution in [1.29, 1.82) is 0 Å². The number of aliphatic imine (C=N–C) groups is 1. The van der Waals surface area contributed by atoms with Crippen LogP contribution in [-0.2, 0) is 24.6 Å². The molecule has 0 saturated carbocycles. The van der Waals surface area contributed by atoms with Gasteiger partial charge in [-0.3, -0.25) is 9.79 Å². The molecule has 1 unspecified atom stereocenters. The summed E-state index contributed by atoms with van der Waals surface area (Å²) in [5.41, 5.74) is 0.418. The Kier molecular flexibility index (Phi) is 8.40. The molecule has 148 valence electrons. The fourth-order valence-electron chi connectivity index (χ4n) is 2.97. The Morgan fingerprint density at radius 1 is 0.929 bits per heavy atom. The summed E-state index contributed by atoms with van der Waals surface area (Å²) in [6.45, 7) is 4.14. The first-order chi connectivity index (χ1) is 13.6. The van der Waals surface area contributed by atoms with Crippen LogP contribution in [0.3, 0.4) is 0 Å². The van der Waals surface area contributed by atoms with Gasteiger partial charge in [0.05, 0.1) is 13.2 Å². The van der Waals surface area contributed by atoms with E-state index in [1.165, 1.54) is 0 Å². The molecule has 1 atom stereocenters. The van der Waals surface area contributed by atoms with Crippen molar-refractivity contribution < 1.29 is 19.1 Å². The van der Waals surface area contributed by atoms with E-state index in [2.05, 4.69) is 0 Å². The summed E-state index contributed by atoms with van der Waals surface area (Å²) in [5, 5.41) is 0. The third-order valence-electron chi connectivity index (χ3n) is 4.32. The Hall–Kier alpha value is -2.95. The number of nitrogens with zero attached hydrogens (tertiary/aromatic N) is 1. The SMILES string of the molecule is CCOC(=O)CCCC(N=Cc1ccccc1)(C(=O)OCC)c1ccccc1. The maximum atomic E-state index is 13.0. The minimum atomic E-state index is -1.21. The van der Waals surface area contributed by atoms with Gasteiger partial charge in [-0.05, 0) is 37.8 Å². The van der Waals surface area contributed by atoms with Gasteiger partial charge in [0.2, 0.25) is 0 Å². The Labute approximate surface area is 166 Å². The molecule has 0 spiro atoms. The molecular weight excluding hydrogens is 354 g/mol. The first-order valence-corrected chi connectivity index (χ1v) is 9.61. The molecule has 0 amide bonds. The van der Waals surface area contributed by atoms with E-state index in [0.29, 0.717) is 19.4 Å². The fraction of sp³-hybridized carbons (Fsp3) is 0.348. The van der Waals surface area contributed by atoms with Crippen LogP contribution in [0.15, 0.2) is 65.7 Å². The largest absolute Gasteiger partial charge is 0.466 e. The second-order valence-electron chi connectivity index (χ2n) is 6.27. The van der Waals surface area contributed by atoms with Gasteiger partial charge >= 0.3 is 11.9 Å². The maximum absolute atomic E-state index is 13.0. The molecule has 0 aromatic heterocycles. The van der Waals surface area contributed by atoms with E-state index < -0.39 is 11.5 Å². The Bertz CT molecular complexity index is 774. The lowest BCUT2D eigenvalue weighted by Gasteiger charge is -2.28. The van der Waals surface area contributed by atoms with Gasteiger partial charge in [-0.2, -0.15) is 0 Å². The second-order valence-corrected chi connectivity index (χ2v) is 6.27. The molecule has 28 heavy (non-hydrogen) atoms. The second kappa shape index (κ2) is 11.0. The summed E-state index contributed by atoms with van der Waals surface area (Å²) < 4.78 is 10.4. The Morgan fingerprint density at radius 2 is 1.54 bits per heavy atom. The van der Waals surface area contributed by atoms with E-state index in [1.54, 1.807) is 20.1 Å². The van der Waals surface area contributed by atoms with E-state index in [4.69, 9.17) is 14.5 Å². The van der Waals surface area contributed by atoms with Crippen molar-refractivity contribution in [2.75, 3.05) is 13.2 Å². The summed E-state index contributed by atoms with van der Waals surface area (Å²) in [6.07, 6.45) is 2.72. The number of carbonyl (C=O) groups excluding carboxylic acids is 2. The van der Waals surface area contributed by atoms with Crippen LogP contribution >= 0.6 is 0 Å². The lowest BCUT2D eigenvalue weighted by Crippen LogP contribution is -2.36. The Balaban J connectivity index is 2.38. The first kappa shape index (κ1) is 21.4. The van der Waals surface area contributed by atoms with Gasteiger partial charge < -0.3 is 9.47 Å². The van der Waals surface area contributed by atoms with Crippen LogP contribution in [0, 0.1) is 0 Å². The van der Waals surface area contributed by atoms with E-state index in [0.717, 1.165) is 11.1 Å². The number of benzene rings is 2. The highest BCUT2D eigenvalue weighted by molar-refractivity contribution is 5.88. The first-order valence-electron chi connectivity index (χ1n) is 9.61. The standard InChI is InChI=1S/C23H27NO4/c1-3-27-21(25)16-11-17-23(22(26)28-4-2,20-14-9-6-10-15-20)24-18-19-12-7-5-8-13-19/h5-10,12-15,18H,3-4,11,16-17H2,1-2H3. The number of hydrogen-bond acceptors (Lipinski definition) is 5. The molecule has 5 nitrogen and oxygen atoms in total. The highest BCUT2D eigenvalue weighted by atomic mass is 16.5. The molecule has 2 rings (SSSR count). The predicted molar refractivity (Wildman–Crippen MR) is 109 cm³/mol. The van der Waals surface area contributed by atoms with Crippen molar-refractivity contribution in [3.05, 3.63) is 71.8 Å². The van der Waals surface area contributed by atoms with E-state index in [9.17, 15) is 9.59 Å². The van der Waals surface area contributed by atoms with E-state index in [1.807, 2.05) is 60.7 Å². The highest BCUT2D eigenvalue weighted by Gasteiger charge is 2.40. The quantitative estimate of drug-likeness (QED) is 0.455. The molecule has 0 heterocycles. The molecule has 0 saturated heterocycles. The molecule has 0 aliphatic carbocycles. The summed E-state index contributed by atoms with van der Waals surface area (Å²) in [7, 11) is 0. The lowest BCUT2D eigenvalue weighted by molar-refractivity contribution is -0.151. The van der Waals surface area contributed by atoms with Crippen LogP contribution in [0.2, 0.25) is 0 Å². The van der Waals surface area contributed by atoms with Crippen LogP contribution < -0.4 is 0 Å². The van der Waals surface area contributed by atoms with Crippen LogP contribution in [-0.4, -0.2) is 31.4 Å². The molecular formula is C23H27NO4. The monoisotopic (exact) mass is 381 g/mol. The van der Waals surface area contributed by atoms with Gasteiger partial charge in [0.1, 0.15) is 0 Å². The van der Waals surface area contributed by atoms with Crippen molar-refractivity contribution in [3.8, 4) is 0 Å². The van der Waals surface area contributed by atoms with Crippen molar-refractivity contribution in [1.82, 2.24) is 0 Å². The van der Waals surface area contributed by atoms with Gasteiger partial charge in [-0.1, -0.05) is 60.7 Å². The van der Waals surface area contributed by atoms with Gasteiger partial charge in [0.25, 0.3) is 0 Å². The van der Waals surface area contributed by atoms with Crippen molar-refractivity contribution in [3.63, 3.8) is 0 Å². The molecule has 0 aliphatic rings. The molecule has 0 aliphatic heterocycles. The molecule has 0 fully saturated rings. The van der Waals surface area contributed by atoms with Crippen LogP contribution in [0.4, 0.5) is 0 Å². The number of esters is 2. The number of carbonyl (C=O) groups is 2. The topological polar surface area (TPSA) is 65.0 Å². The molecule has 0 bridgehead atoms. The molecule has 2 aromatic rings. The zero-order valence-corrected chi connectivity index (χ0v) is 16.5. The zero-order chi connectivity index (χ0) is 20.2. The minimum absolute atomic E-state index is 0.225. The van der Waals surface area contributed by atoms with Gasteiger partial charge in [0, 0.05) is 12.6 Å². The highest BCUT2D eigenvalue weighted by Crippen LogP contribution is 2.33. The normalized spacial score (nSPS) is 13.1. The smallest absolute Gasteiger partial charge is 0.338 e. The minimum Gasteiger partial charge on any atom is -0.466 e. The number of rotatable bonds is 10. The van der Waals surface area contributed by atoms with Gasteiger partial charge in [-0.15, -0.1) is 0 Å². The fourth-order valence-corrected chi connectivity index (χ4v) is 2.97. The summed E-state index contributed by atoms with van der Waals surface area (Å²) in [6, 6.07) is 18.9. The zero-order valence-electron chi connectivity index (χ0n) is 16.5. The van der Waals surface area contributed by atoms with Crippen molar-refractivity contribution in [2.45, 2.75) is 38.6 Å². The third-order valence-corrected chi connectivity index (χ3v) is 4.32. The third kappa shape index (κ3) is 5.78. The lowest BCUT2D eigenvalue weighted by atomic mass is 9.85. The van der Waals surface area contributed by atoms with Crippen molar-refractivity contribution >= 4 is 18.2 Å². The van der Waals surface area contributed by atoms with Gasteiger partial charge in [0.15, 0.2) is 5.54 Å². The van der Waals surface area contributed by atoms with E-state index >= 15 is 0 Å². The van der Waals surface area contributed by atoms with Crippen LogP contribution in [0.1, 0.15) is 44.2 Å². The summed E-state index contributed by atoms with van der Waals surface area (Å²) >= 11 is 0. The summed E-state index contributed by atoms with van der Waals surface area (Å²) in [4.78, 5) is 29.5. The maximum Gasteiger partial charge on any atom is 0.338 e. The molecule has 0 N–H and O–H groups in total. The summed E-state index contributed by atoms with van der Waals surface area (Å²) in [5.74, 6) is -0.697. The average molecular weight is 381 g/mol. The van der Waals surface area contributed by atoms with E-state index in [-0.39, 0.29) is 19.0 Å². The molecule has 0 radical (unpaired) electrons. The molecule has 2 aromatic carbocycles. The van der Waals surface area contributed by atoms with Crippen molar-refractivity contribution in [2.24, 2.45) is 4.99 Å². The van der Waals surface area contributed by atoms with Gasteiger partial charge in [-0.25, -0.2) is 4.79 Å². The average Bonchev–Trinajstić information content (AvgIpc) is 2.72.